The molecule has 27 heavy (non-hydrogen) atoms. The molecule has 2 aromatic heterocycles. The maximum Gasteiger partial charge on any atom is 0.277 e. The second kappa shape index (κ2) is 7.53. The van der Waals surface area contributed by atoms with Gasteiger partial charge in [0.2, 0.25) is 5.78 Å². The summed E-state index contributed by atoms with van der Waals surface area (Å²) in [5.74, 6) is -0.344. The number of ketones is 1. The van der Waals surface area contributed by atoms with E-state index in [1.807, 2.05) is 6.92 Å². The molecule has 1 N–H and O–H groups in total. The Balaban J connectivity index is 1.91. The van der Waals surface area contributed by atoms with Crippen LogP contribution in [0.5, 0.6) is 5.75 Å². The molecule has 0 spiro atoms. The van der Waals surface area contributed by atoms with E-state index < -0.39 is 11.3 Å². The van der Waals surface area contributed by atoms with Gasteiger partial charge >= 0.3 is 0 Å². The number of hydrogen-bond donors (Lipinski definition) is 1. The average Bonchev–Trinajstić information content (AvgIpc) is 3.23. The molecule has 2 heterocycles. The summed E-state index contributed by atoms with van der Waals surface area (Å²) in [4.78, 5) is 25.1. The second-order valence-corrected chi connectivity index (χ2v) is 6.78. The van der Waals surface area contributed by atoms with Crippen molar-refractivity contribution in [3.8, 4) is 5.75 Å². The first-order valence-electron chi connectivity index (χ1n) is 7.94. The Kier molecular flexibility index (Phi) is 5.33. The summed E-state index contributed by atoms with van der Waals surface area (Å²) in [5, 5.41) is 14.0. The predicted octanol–water partition coefficient (Wildman–Crippen LogP) is 2.19. The molecule has 0 aliphatic rings. The summed E-state index contributed by atoms with van der Waals surface area (Å²) >= 11 is 12.6. The van der Waals surface area contributed by atoms with E-state index >= 15 is 0 Å². The molecule has 0 saturated heterocycles. The molecule has 1 aromatic carbocycles. The third-order valence-corrected chi connectivity index (χ3v) is 4.71. The van der Waals surface area contributed by atoms with Gasteiger partial charge in [-0.1, -0.05) is 23.2 Å². The highest BCUT2D eigenvalue weighted by Crippen LogP contribution is 2.37. The number of aryl methyl sites for hydroxylation is 2. The molecule has 11 heteroatoms. The lowest BCUT2D eigenvalue weighted by molar-refractivity contribution is 0.103. The Bertz CT molecular complexity index is 1040. The van der Waals surface area contributed by atoms with Crippen LogP contribution in [0.15, 0.2) is 23.3 Å². The van der Waals surface area contributed by atoms with Crippen LogP contribution in [-0.2, 0) is 7.05 Å². The predicted molar refractivity (Wildman–Crippen MR) is 98.7 cm³/mol. The Morgan fingerprint density at radius 3 is 2.70 bits per heavy atom. The molecule has 1 unspecified atom stereocenters. The summed E-state index contributed by atoms with van der Waals surface area (Å²) in [7, 11) is 1.53. The highest BCUT2D eigenvalue weighted by molar-refractivity contribution is 6.40. The molecule has 9 nitrogen and oxygen atoms in total. The van der Waals surface area contributed by atoms with Gasteiger partial charge in [-0.3, -0.25) is 19.4 Å². The maximum atomic E-state index is 12.9. The molecule has 0 saturated carbocycles. The van der Waals surface area contributed by atoms with Gasteiger partial charge < -0.3 is 4.74 Å². The zero-order valence-corrected chi connectivity index (χ0v) is 16.2. The minimum atomic E-state index is -0.505. The molecule has 0 aliphatic heterocycles. The Hall–Kier alpha value is -2.65. The van der Waals surface area contributed by atoms with Gasteiger partial charge in [-0.05, 0) is 36.4 Å². The van der Waals surface area contributed by atoms with Crippen molar-refractivity contribution in [3.63, 3.8) is 0 Å². The number of halogens is 2. The summed E-state index contributed by atoms with van der Waals surface area (Å²) in [5.41, 5.74) is 0.173. The van der Waals surface area contributed by atoms with E-state index in [0.717, 1.165) is 0 Å². The van der Waals surface area contributed by atoms with Crippen molar-refractivity contribution in [2.24, 2.45) is 7.05 Å². The maximum absolute atomic E-state index is 12.9. The number of nitrogens with zero attached hydrogens (tertiary/aromatic N) is 5. The van der Waals surface area contributed by atoms with E-state index in [-0.39, 0.29) is 39.6 Å². The van der Waals surface area contributed by atoms with Crippen LogP contribution in [-0.4, -0.2) is 42.4 Å². The van der Waals surface area contributed by atoms with Gasteiger partial charge in [0.25, 0.3) is 5.56 Å². The quantitative estimate of drug-likeness (QED) is 0.623. The first kappa shape index (κ1) is 19.1. The third kappa shape index (κ3) is 3.60. The molecule has 3 aromatic rings. The second-order valence-electron chi connectivity index (χ2n) is 5.99. The smallest absolute Gasteiger partial charge is 0.277 e. The van der Waals surface area contributed by atoms with E-state index in [1.165, 1.54) is 34.9 Å². The fourth-order valence-corrected chi connectivity index (χ4v) is 3.14. The summed E-state index contributed by atoms with van der Waals surface area (Å²) < 4.78 is 8.47. The van der Waals surface area contributed by atoms with E-state index in [9.17, 15) is 9.59 Å². The first-order chi connectivity index (χ1) is 12.8. The van der Waals surface area contributed by atoms with Gasteiger partial charge in [0.1, 0.15) is 18.5 Å². The molecule has 0 fully saturated rings. The van der Waals surface area contributed by atoms with E-state index in [2.05, 4.69) is 20.6 Å². The van der Waals surface area contributed by atoms with Gasteiger partial charge in [-0.2, -0.15) is 0 Å². The third-order valence-electron chi connectivity index (χ3n) is 4.04. The van der Waals surface area contributed by atoms with Gasteiger partial charge in [0.15, 0.2) is 5.75 Å². The fraction of sp³-hybridized carbons (Fsp3) is 0.312. The number of ether oxygens (including phenoxy) is 1. The molecular weight excluding hydrogens is 395 g/mol. The standard InChI is InChI=1S/C16H16Cl2N6O3/c1-8(24-7-19-21-22-24)6-27-15-11(17)5-4-10(13(15)18)14(25)12-9(2)20-23(3)16(12)26/h4-5,7-8,20H,6H2,1-3H3. The number of tetrazole rings is 1. The minimum Gasteiger partial charge on any atom is -0.488 e. The molecule has 0 amide bonds. The molecular formula is C16H16Cl2N6O3. The van der Waals surface area contributed by atoms with Crippen LogP contribution >= 0.6 is 23.2 Å². The number of H-pyrrole nitrogens is 1. The van der Waals surface area contributed by atoms with Crippen molar-refractivity contribution in [2.75, 3.05) is 6.61 Å². The van der Waals surface area contributed by atoms with Gasteiger partial charge in [-0.25, -0.2) is 4.68 Å². The first-order valence-corrected chi connectivity index (χ1v) is 8.70. The van der Waals surface area contributed by atoms with Crippen LogP contribution in [0.2, 0.25) is 10.0 Å². The Morgan fingerprint density at radius 1 is 1.37 bits per heavy atom. The van der Waals surface area contributed by atoms with Gasteiger partial charge in [0, 0.05) is 18.3 Å². The molecule has 1 atom stereocenters. The highest BCUT2D eigenvalue weighted by atomic mass is 35.5. The lowest BCUT2D eigenvalue weighted by atomic mass is 10.0. The van der Waals surface area contributed by atoms with Crippen molar-refractivity contribution in [2.45, 2.75) is 19.9 Å². The van der Waals surface area contributed by atoms with E-state index in [0.29, 0.717) is 5.69 Å². The van der Waals surface area contributed by atoms with Crippen LogP contribution in [0.1, 0.15) is 34.6 Å². The lowest BCUT2D eigenvalue weighted by Crippen LogP contribution is -2.20. The number of aromatic nitrogens is 6. The van der Waals surface area contributed by atoms with Crippen molar-refractivity contribution < 1.29 is 9.53 Å². The molecule has 0 radical (unpaired) electrons. The number of benzene rings is 1. The van der Waals surface area contributed by atoms with Gasteiger partial charge in [-0.15, -0.1) is 5.10 Å². The monoisotopic (exact) mass is 410 g/mol. The zero-order valence-electron chi connectivity index (χ0n) is 14.7. The number of carbonyl (C=O) groups is 1. The topological polar surface area (TPSA) is 108 Å². The van der Waals surface area contributed by atoms with Crippen molar-refractivity contribution in [1.82, 2.24) is 30.0 Å². The largest absolute Gasteiger partial charge is 0.488 e. The Morgan fingerprint density at radius 2 is 2.11 bits per heavy atom. The highest BCUT2D eigenvalue weighted by Gasteiger charge is 2.24. The fourth-order valence-electron chi connectivity index (χ4n) is 2.58. The number of nitrogens with one attached hydrogen (secondary N) is 1. The Labute approximate surface area is 163 Å². The van der Waals surface area contributed by atoms with Crippen molar-refractivity contribution in [1.29, 1.82) is 0 Å². The zero-order chi connectivity index (χ0) is 19.7. The van der Waals surface area contributed by atoms with Crippen LogP contribution in [0, 0.1) is 6.92 Å². The van der Waals surface area contributed by atoms with E-state index in [4.69, 9.17) is 27.9 Å². The SMILES string of the molecule is Cc1[nH]n(C)c(=O)c1C(=O)c1ccc(Cl)c(OCC(C)n2cnnn2)c1Cl. The molecule has 3 rings (SSSR count). The van der Waals surface area contributed by atoms with Crippen LogP contribution in [0.25, 0.3) is 0 Å². The van der Waals surface area contributed by atoms with Crippen molar-refractivity contribution >= 4 is 29.0 Å². The molecule has 142 valence electrons. The number of rotatable bonds is 6. The average molecular weight is 411 g/mol. The number of carbonyl (C=O) groups excluding carboxylic acids is 1. The summed E-state index contributed by atoms with van der Waals surface area (Å²) in [6.07, 6.45) is 1.46. The normalized spacial score (nSPS) is 12.2. The van der Waals surface area contributed by atoms with Crippen LogP contribution < -0.4 is 10.3 Å². The van der Waals surface area contributed by atoms with E-state index in [1.54, 1.807) is 6.92 Å². The number of aromatic amines is 1. The molecule has 0 aliphatic carbocycles. The van der Waals surface area contributed by atoms with Crippen LogP contribution in [0.4, 0.5) is 0 Å². The lowest BCUT2D eigenvalue weighted by Gasteiger charge is -2.15. The van der Waals surface area contributed by atoms with Crippen LogP contribution in [0.3, 0.4) is 0 Å². The van der Waals surface area contributed by atoms with Gasteiger partial charge in [0.05, 0.1) is 16.1 Å². The summed E-state index contributed by atoms with van der Waals surface area (Å²) in [6, 6.07) is 2.78. The minimum absolute atomic E-state index is 0.0229. The summed E-state index contributed by atoms with van der Waals surface area (Å²) in [6.45, 7) is 3.66. The van der Waals surface area contributed by atoms with Crippen molar-refractivity contribution in [3.05, 3.63) is 55.7 Å². The molecule has 0 bridgehead atoms. The number of hydrogen-bond acceptors (Lipinski definition) is 6.